The number of methoxy groups -OCH3 is 1. The zero-order valence-corrected chi connectivity index (χ0v) is 32.4. The van der Waals surface area contributed by atoms with Gasteiger partial charge in [-0.2, -0.15) is 0 Å². The van der Waals surface area contributed by atoms with E-state index in [0.29, 0.717) is 0 Å². The van der Waals surface area contributed by atoms with Crippen molar-refractivity contribution in [3.63, 3.8) is 0 Å². The average Bonchev–Trinajstić information content (AvgIpc) is 3.01. The highest BCUT2D eigenvalue weighted by Gasteiger charge is 2.70. The Morgan fingerprint density at radius 3 is 2.16 bits per heavy atom. The van der Waals surface area contributed by atoms with E-state index in [1.807, 2.05) is 6.92 Å². The maximum absolute atomic E-state index is 14.8. The third kappa shape index (κ3) is 5.61. The van der Waals surface area contributed by atoms with Gasteiger partial charge in [0, 0.05) is 26.2 Å². The van der Waals surface area contributed by atoms with E-state index in [0.717, 1.165) is 57.8 Å². The Kier molecular flexibility index (Phi) is 9.31. The van der Waals surface area contributed by atoms with Gasteiger partial charge in [0.2, 0.25) is 0 Å². The van der Waals surface area contributed by atoms with E-state index in [9.17, 15) is 19.2 Å². The Morgan fingerprint density at radius 2 is 1.52 bits per heavy atom. The standard InChI is InChI=1S/C41H62O9/c1-23-33(49-25(3)43)29(48-24(2)42)21-32(47-23)50-31-13-14-39(8)30(36(31,4)5)12-15-41(10)34(39)28(44)20-26-27-22-38(7,35(45)46-11)17-16-37(27,6)18-19-40(26,41)9/h20,23,27,29-34H,12-19,21-22H2,1-11H3/t23-,27+,29-,30-,31-,32-,33-,34+,37+,38-,39-,40+,41+/m0/s1. The molecule has 0 aromatic carbocycles. The van der Waals surface area contributed by atoms with Gasteiger partial charge in [-0.15, -0.1) is 0 Å². The summed E-state index contributed by atoms with van der Waals surface area (Å²) in [6.07, 6.45) is 8.02. The first-order chi connectivity index (χ1) is 23.1. The van der Waals surface area contributed by atoms with Crippen LogP contribution in [0.25, 0.3) is 0 Å². The predicted octanol–water partition coefficient (Wildman–Crippen LogP) is 7.52. The Balaban J connectivity index is 1.27. The lowest BCUT2D eigenvalue weighted by Crippen LogP contribution is -2.67. The van der Waals surface area contributed by atoms with E-state index >= 15 is 0 Å². The predicted molar refractivity (Wildman–Crippen MR) is 186 cm³/mol. The molecule has 9 nitrogen and oxygen atoms in total. The van der Waals surface area contributed by atoms with Crippen molar-refractivity contribution in [2.75, 3.05) is 7.11 Å². The summed E-state index contributed by atoms with van der Waals surface area (Å²) in [4.78, 5) is 51.6. The summed E-state index contributed by atoms with van der Waals surface area (Å²) < 4.78 is 29.5. The molecule has 280 valence electrons. The second kappa shape index (κ2) is 12.4. The number of hydrogen-bond acceptors (Lipinski definition) is 9. The topological polar surface area (TPSA) is 114 Å². The summed E-state index contributed by atoms with van der Waals surface area (Å²) in [6.45, 7) is 20.8. The number of ether oxygens (including phenoxy) is 5. The zero-order chi connectivity index (χ0) is 36.8. The number of esters is 3. The maximum atomic E-state index is 14.8. The van der Waals surface area contributed by atoms with Crippen LogP contribution in [0.15, 0.2) is 11.6 Å². The van der Waals surface area contributed by atoms with Crippen LogP contribution in [0.1, 0.15) is 133 Å². The lowest BCUT2D eigenvalue weighted by molar-refractivity contribution is -0.293. The number of fused-ring (bicyclic) bond motifs is 7. The highest BCUT2D eigenvalue weighted by atomic mass is 16.7. The Bertz CT molecular complexity index is 1450. The highest BCUT2D eigenvalue weighted by molar-refractivity contribution is 5.95. The molecule has 6 rings (SSSR count). The number of carbonyl (C=O) groups is 4. The molecular formula is C41H62O9. The quantitative estimate of drug-likeness (QED) is 0.163. The molecule has 0 N–H and O–H groups in total. The first-order valence-electron chi connectivity index (χ1n) is 19.1. The molecule has 0 bridgehead atoms. The molecule has 13 atom stereocenters. The largest absolute Gasteiger partial charge is 0.469 e. The Hall–Kier alpha value is -2.26. The minimum absolute atomic E-state index is 0.0756. The van der Waals surface area contributed by atoms with E-state index in [1.165, 1.54) is 26.5 Å². The summed E-state index contributed by atoms with van der Waals surface area (Å²) in [5.41, 5.74) is 0.0261. The molecule has 0 radical (unpaired) electrons. The highest BCUT2D eigenvalue weighted by Crippen LogP contribution is 2.75. The number of allylic oxidation sites excluding steroid dienone is 2. The molecule has 5 fully saturated rings. The fraction of sp³-hybridized carbons (Fsp3) is 0.854. The first kappa shape index (κ1) is 37.5. The number of ketones is 1. The third-order valence-corrected chi connectivity index (χ3v) is 15.7. The van der Waals surface area contributed by atoms with E-state index < -0.39 is 42.0 Å². The van der Waals surface area contributed by atoms with E-state index in [1.54, 1.807) is 0 Å². The van der Waals surface area contributed by atoms with Gasteiger partial charge in [-0.05, 0) is 117 Å². The zero-order valence-electron chi connectivity index (χ0n) is 32.4. The smallest absolute Gasteiger partial charge is 0.311 e. The number of carbonyl (C=O) groups excluding carboxylic acids is 4. The van der Waals surface area contributed by atoms with Gasteiger partial charge in [0.15, 0.2) is 18.2 Å². The van der Waals surface area contributed by atoms with Gasteiger partial charge in [0.05, 0.1) is 24.7 Å². The molecule has 6 aliphatic rings. The van der Waals surface area contributed by atoms with Crippen molar-refractivity contribution in [2.24, 2.45) is 50.2 Å². The maximum Gasteiger partial charge on any atom is 0.311 e. The van der Waals surface area contributed by atoms with Crippen molar-refractivity contribution in [2.45, 2.75) is 164 Å². The summed E-state index contributed by atoms with van der Waals surface area (Å²) >= 11 is 0. The lowest BCUT2D eigenvalue weighted by atomic mass is 9.33. The summed E-state index contributed by atoms with van der Waals surface area (Å²) in [5, 5.41) is 0. The van der Waals surface area contributed by atoms with Crippen LogP contribution < -0.4 is 0 Å². The normalized spacial score (nSPS) is 48.1. The molecule has 1 heterocycles. The third-order valence-electron chi connectivity index (χ3n) is 15.7. The summed E-state index contributed by atoms with van der Waals surface area (Å²) in [7, 11) is 1.49. The first-order valence-corrected chi connectivity index (χ1v) is 19.1. The second-order valence-electron chi connectivity index (χ2n) is 19.0. The molecular weight excluding hydrogens is 636 g/mol. The summed E-state index contributed by atoms with van der Waals surface area (Å²) in [6, 6.07) is 0. The molecule has 0 aromatic heterocycles. The average molecular weight is 699 g/mol. The molecule has 1 aliphatic heterocycles. The molecule has 0 amide bonds. The van der Waals surface area contributed by atoms with Crippen molar-refractivity contribution >= 4 is 23.7 Å². The van der Waals surface area contributed by atoms with Gasteiger partial charge in [-0.3, -0.25) is 19.2 Å². The van der Waals surface area contributed by atoms with E-state index in [4.69, 9.17) is 23.7 Å². The van der Waals surface area contributed by atoms with Gasteiger partial charge in [0.1, 0.15) is 6.10 Å². The van der Waals surface area contributed by atoms with Gasteiger partial charge >= 0.3 is 17.9 Å². The minimum atomic E-state index is -0.702. The number of rotatable bonds is 5. The van der Waals surface area contributed by atoms with Crippen LogP contribution in [0.3, 0.4) is 0 Å². The molecule has 4 saturated carbocycles. The van der Waals surface area contributed by atoms with Crippen LogP contribution in [0.2, 0.25) is 0 Å². The van der Waals surface area contributed by atoms with Gasteiger partial charge in [-0.25, -0.2) is 0 Å². The Morgan fingerprint density at radius 1 is 0.860 bits per heavy atom. The Labute approximate surface area is 299 Å². The fourth-order valence-corrected chi connectivity index (χ4v) is 12.8. The summed E-state index contributed by atoms with van der Waals surface area (Å²) in [5.74, 6) is -0.431. The van der Waals surface area contributed by atoms with Crippen molar-refractivity contribution in [3.05, 3.63) is 11.6 Å². The van der Waals surface area contributed by atoms with Crippen molar-refractivity contribution in [1.82, 2.24) is 0 Å². The second-order valence-corrected chi connectivity index (χ2v) is 19.0. The lowest BCUT2D eigenvalue weighted by Gasteiger charge is -2.70. The van der Waals surface area contributed by atoms with Crippen LogP contribution in [0, 0.1) is 50.2 Å². The number of hydrogen-bond donors (Lipinski definition) is 0. The van der Waals surface area contributed by atoms with Gasteiger partial charge in [-0.1, -0.05) is 47.1 Å². The monoisotopic (exact) mass is 698 g/mol. The van der Waals surface area contributed by atoms with Crippen molar-refractivity contribution in [1.29, 1.82) is 0 Å². The SMILES string of the molecule is COC(=O)[C@@]1(C)CC[C@]2(C)CC[C@]3(C)C(=CC(=O)[C@@H]4[C@@]5(C)CC[C@H](O[C@H]6C[C@H](OC(C)=O)[C@@H](OC(C)=O)[C@H](C)O6)C(C)(C)[C@@H]5CC[C@]43C)[C@H]2C1. The molecule has 1 saturated heterocycles. The molecule has 0 unspecified atom stereocenters. The van der Waals surface area contributed by atoms with Crippen LogP contribution in [-0.2, 0) is 42.9 Å². The molecule has 0 spiro atoms. The molecule has 50 heavy (non-hydrogen) atoms. The molecule has 0 aromatic rings. The van der Waals surface area contributed by atoms with Crippen molar-refractivity contribution in [3.8, 4) is 0 Å². The van der Waals surface area contributed by atoms with Gasteiger partial charge in [0.25, 0.3) is 0 Å². The van der Waals surface area contributed by atoms with Crippen LogP contribution in [0.5, 0.6) is 0 Å². The molecule has 5 aliphatic carbocycles. The van der Waals surface area contributed by atoms with Crippen LogP contribution in [-0.4, -0.2) is 61.5 Å². The van der Waals surface area contributed by atoms with Gasteiger partial charge < -0.3 is 23.7 Å². The van der Waals surface area contributed by atoms with E-state index in [2.05, 4.69) is 54.5 Å². The molecule has 9 heteroatoms. The fourth-order valence-electron chi connectivity index (χ4n) is 12.8. The minimum Gasteiger partial charge on any atom is -0.469 e. The van der Waals surface area contributed by atoms with Crippen LogP contribution >= 0.6 is 0 Å². The van der Waals surface area contributed by atoms with E-state index in [-0.39, 0.29) is 69.1 Å². The van der Waals surface area contributed by atoms with Crippen LogP contribution in [0.4, 0.5) is 0 Å². The van der Waals surface area contributed by atoms with Crippen molar-refractivity contribution < 1.29 is 42.9 Å².